The van der Waals surface area contributed by atoms with Crippen molar-refractivity contribution in [3.8, 4) is 6.07 Å². The Morgan fingerprint density at radius 3 is 2.47 bits per heavy atom. The van der Waals surface area contributed by atoms with Gasteiger partial charge in [-0.2, -0.15) is 5.26 Å². The lowest BCUT2D eigenvalue weighted by molar-refractivity contribution is -0.121. The number of hydrogen-bond donors (Lipinski definition) is 1. The average molecular weight is 202 g/mol. The molecule has 1 amide bonds. The van der Waals surface area contributed by atoms with E-state index in [-0.39, 0.29) is 0 Å². The van der Waals surface area contributed by atoms with Crippen LogP contribution in [-0.2, 0) is 10.2 Å². The van der Waals surface area contributed by atoms with Gasteiger partial charge >= 0.3 is 0 Å². The molecule has 78 valence electrons. The molecule has 3 heteroatoms. The minimum atomic E-state index is -1.17. The van der Waals surface area contributed by atoms with Gasteiger partial charge in [-0.1, -0.05) is 43.7 Å². The maximum absolute atomic E-state index is 11.4. The van der Waals surface area contributed by atoms with Crippen LogP contribution in [0.4, 0.5) is 0 Å². The topological polar surface area (TPSA) is 66.9 Å². The van der Waals surface area contributed by atoms with Crippen molar-refractivity contribution in [1.29, 1.82) is 5.26 Å². The molecule has 0 bridgehead atoms. The smallest absolute Gasteiger partial charge is 0.242 e. The van der Waals surface area contributed by atoms with Gasteiger partial charge in [-0.15, -0.1) is 0 Å². The lowest BCUT2D eigenvalue weighted by Gasteiger charge is -2.22. The normalized spacial score (nSPS) is 13.9. The molecule has 3 nitrogen and oxygen atoms in total. The van der Waals surface area contributed by atoms with E-state index in [9.17, 15) is 10.1 Å². The molecule has 0 aromatic heterocycles. The van der Waals surface area contributed by atoms with Crippen LogP contribution >= 0.6 is 0 Å². The van der Waals surface area contributed by atoms with E-state index in [2.05, 4.69) is 6.07 Å². The number of amides is 1. The second-order valence-corrected chi connectivity index (χ2v) is 3.50. The van der Waals surface area contributed by atoms with Gasteiger partial charge in [-0.25, -0.2) is 0 Å². The minimum absolute atomic E-state index is 0.461. The van der Waals surface area contributed by atoms with Crippen LogP contribution in [0.15, 0.2) is 30.3 Å². The summed E-state index contributed by atoms with van der Waals surface area (Å²) in [6, 6.07) is 11.0. The summed E-state index contributed by atoms with van der Waals surface area (Å²) in [5.74, 6) is -0.571. The molecule has 0 fully saturated rings. The van der Waals surface area contributed by atoms with Crippen molar-refractivity contribution in [2.24, 2.45) is 5.73 Å². The third-order valence-corrected chi connectivity index (χ3v) is 2.50. The highest BCUT2D eigenvalue weighted by molar-refractivity contribution is 5.89. The summed E-state index contributed by atoms with van der Waals surface area (Å²) in [4.78, 5) is 11.4. The van der Waals surface area contributed by atoms with Crippen molar-refractivity contribution >= 4 is 5.91 Å². The first-order chi connectivity index (χ1) is 7.17. The fourth-order valence-corrected chi connectivity index (χ4v) is 1.68. The molecule has 15 heavy (non-hydrogen) atoms. The number of rotatable bonds is 4. The Kier molecular flexibility index (Phi) is 3.46. The molecule has 0 saturated carbocycles. The molecular weight excluding hydrogens is 188 g/mol. The van der Waals surface area contributed by atoms with Crippen molar-refractivity contribution in [3.63, 3.8) is 0 Å². The van der Waals surface area contributed by atoms with Crippen LogP contribution in [0.5, 0.6) is 0 Å². The van der Waals surface area contributed by atoms with E-state index in [1.54, 1.807) is 24.3 Å². The SMILES string of the molecule is CCCC(C#N)(C(N)=O)c1ccccc1. The number of benzene rings is 1. The van der Waals surface area contributed by atoms with E-state index in [1.807, 2.05) is 13.0 Å². The number of carbonyl (C=O) groups is 1. The van der Waals surface area contributed by atoms with Crippen LogP contribution in [0.25, 0.3) is 0 Å². The van der Waals surface area contributed by atoms with E-state index < -0.39 is 11.3 Å². The lowest BCUT2D eigenvalue weighted by Crippen LogP contribution is -2.39. The van der Waals surface area contributed by atoms with Crippen molar-refractivity contribution < 1.29 is 4.79 Å². The van der Waals surface area contributed by atoms with Gasteiger partial charge in [0.1, 0.15) is 0 Å². The largest absolute Gasteiger partial charge is 0.368 e. The number of carbonyl (C=O) groups excluding carboxylic acids is 1. The van der Waals surface area contributed by atoms with Crippen LogP contribution < -0.4 is 5.73 Å². The molecular formula is C12H14N2O. The van der Waals surface area contributed by atoms with E-state index >= 15 is 0 Å². The van der Waals surface area contributed by atoms with Crippen LogP contribution in [0.3, 0.4) is 0 Å². The van der Waals surface area contributed by atoms with Gasteiger partial charge in [0.25, 0.3) is 0 Å². The van der Waals surface area contributed by atoms with Gasteiger partial charge < -0.3 is 5.73 Å². The van der Waals surface area contributed by atoms with E-state index in [1.165, 1.54) is 0 Å². The van der Waals surface area contributed by atoms with E-state index in [0.29, 0.717) is 12.0 Å². The van der Waals surface area contributed by atoms with Gasteiger partial charge in [0.05, 0.1) is 6.07 Å². The number of hydrogen-bond acceptors (Lipinski definition) is 2. The highest BCUT2D eigenvalue weighted by Gasteiger charge is 2.37. The zero-order valence-corrected chi connectivity index (χ0v) is 8.73. The van der Waals surface area contributed by atoms with Crippen LogP contribution in [-0.4, -0.2) is 5.91 Å². The Labute approximate surface area is 89.5 Å². The third kappa shape index (κ3) is 1.99. The molecule has 0 aliphatic heterocycles. The Morgan fingerprint density at radius 1 is 1.47 bits per heavy atom. The maximum atomic E-state index is 11.4. The van der Waals surface area contributed by atoms with Crippen molar-refractivity contribution in [2.45, 2.75) is 25.2 Å². The first-order valence-corrected chi connectivity index (χ1v) is 4.94. The van der Waals surface area contributed by atoms with Crippen LogP contribution in [0.1, 0.15) is 25.3 Å². The van der Waals surface area contributed by atoms with Crippen molar-refractivity contribution in [1.82, 2.24) is 0 Å². The summed E-state index contributed by atoms with van der Waals surface area (Å²) in [7, 11) is 0. The predicted molar refractivity (Wildman–Crippen MR) is 57.8 cm³/mol. The van der Waals surface area contributed by atoms with Crippen LogP contribution in [0, 0.1) is 11.3 Å². The molecule has 0 heterocycles. The summed E-state index contributed by atoms with van der Waals surface area (Å²) in [5.41, 5.74) is 4.85. The predicted octanol–water partition coefficient (Wildman–Crippen LogP) is 1.73. The monoisotopic (exact) mass is 202 g/mol. The van der Waals surface area contributed by atoms with Crippen molar-refractivity contribution in [3.05, 3.63) is 35.9 Å². The molecule has 1 unspecified atom stereocenters. The fourth-order valence-electron chi connectivity index (χ4n) is 1.68. The summed E-state index contributed by atoms with van der Waals surface area (Å²) in [5, 5.41) is 9.18. The van der Waals surface area contributed by atoms with E-state index in [0.717, 1.165) is 6.42 Å². The second-order valence-electron chi connectivity index (χ2n) is 3.50. The zero-order chi connectivity index (χ0) is 11.3. The molecule has 1 aromatic carbocycles. The third-order valence-electron chi connectivity index (χ3n) is 2.50. The quantitative estimate of drug-likeness (QED) is 0.808. The minimum Gasteiger partial charge on any atom is -0.368 e. The van der Waals surface area contributed by atoms with Crippen molar-refractivity contribution in [2.75, 3.05) is 0 Å². The molecule has 0 spiro atoms. The molecule has 0 aliphatic rings. The average Bonchev–Trinajstić information content (AvgIpc) is 2.26. The summed E-state index contributed by atoms with van der Waals surface area (Å²) >= 11 is 0. The van der Waals surface area contributed by atoms with Crippen LogP contribution in [0.2, 0.25) is 0 Å². The molecule has 0 aliphatic carbocycles. The highest BCUT2D eigenvalue weighted by atomic mass is 16.1. The molecule has 0 saturated heterocycles. The van der Waals surface area contributed by atoms with E-state index in [4.69, 9.17) is 5.73 Å². The van der Waals surface area contributed by atoms with Gasteiger partial charge in [0, 0.05) is 0 Å². The molecule has 0 radical (unpaired) electrons. The second kappa shape index (κ2) is 4.61. The standard InChI is InChI=1S/C12H14N2O/c1-2-8-12(9-13,11(14)15)10-6-4-3-5-7-10/h3-7H,2,8H2,1H3,(H2,14,15). The number of nitrogens with two attached hydrogens (primary N) is 1. The Balaban J connectivity index is 3.23. The van der Waals surface area contributed by atoms with Gasteiger partial charge in [-0.3, -0.25) is 4.79 Å². The number of primary amides is 1. The van der Waals surface area contributed by atoms with Gasteiger partial charge in [0.15, 0.2) is 5.41 Å². The number of nitrogens with zero attached hydrogens (tertiary/aromatic N) is 1. The Morgan fingerprint density at radius 2 is 2.07 bits per heavy atom. The first-order valence-electron chi connectivity index (χ1n) is 4.94. The fraction of sp³-hybridized carbons (Fsp3) is 0.333. The summed E-state index contributed by atoms with van der Waals surface area (Å²) in [6.45, 7) is 1.93. The summed E-state index contributed by atoms with van der Waals surface area (Å²) < 4.78 is 0. The van der Waals surface area contributed by atoms with Gasteiger partial charge in [0.2, 0.25) is 5.91 Å². The number of nitriles is 1. The molecule has 2 N–H and O–H groups in total. The molecule has 1 atom stereocenters. The Hall–Kier alpha value is -1.82. The summed E-state index contributed by atoms with van der Waals surface area (Å²) in [6.07, 6.45) is 1.20. The first kappa shape index (κ1) is 11.3. The Bertz CT molecular complexity index is 380. The molecule has 1 aromatic rings. The molecule has 1 rings (SSSR count). The zero-order valence-electron chi connectivity index (χ0n) is 8.73. The maximum Gasteiger partial charge on any atom is 0.242 e. The highest BCUT2D eigenvalue weighted by Crippen LogP contribution is 2.28. The van der Waals surface area contributed by atoms with Gasteiger partial charge in [-0.05, 0) is 12.0 Å². The lowest BCUT2D eigenvalue weighted by atomic mass is 9.77.